The number of carbonyl (C=O) groups excluding carboxylic acids is 1. The normalized spacial score (nSPS) is 11.7. The van der Waals surface area contributed by atoms with Crippen molar-refractivity contribution in [2.75, 3.05) is 13.2 Å². The number of amides is 1. The Kier molecular flexibility index (Phi) is 7.25. The Morgan fingerprint density at radius 1 is 1.29 bits per heavy atom. The third kappa shape index (κ3) is 6.27. The van der Waals surface area contributed by atoms with Gasteiger partial charge in [0.25, 0.3) is 5.91 Å². The van der Waals surface area contributed by atoms with Gasteiger partial charge in [-0.05, 0) is 38.8 Å². The molecule has 21 heavy (non-hydrogen) atoms. The molecule has 0 atom stereocenters. The number of ether oxygens (including phenoxy) is 1. The van der Waals surface area contributed by atoms with Gasteiger partial charge in [0.05, 0.1) is 6.10 Å². The first kappa shape index (κ1) is 17.0. The van der Waals surface area contributed by atoms with Crippen molar-refractivity contribution >= 4 is 11.7 Å². The molecule has 6 heteroatoms. The van der Waals surface area contributed by atoms with Gasteiger partial charge in [-0.1, -0.05) is 17.3 Å². The maximum Gasteiger partial charge on any atom is 0.251 e. The number of nitrogens with two attached hydrogens (primary N) is 1. The summed E-state index contributed by atoms with van der Waals surface area (Å²) in [6, 6.07) is 6.57. The van der Waals surface area contributed by atoms with Gasteiger partial charge in [-0.3, -0.25) is 4.79 Å². The van der Waals surface area contributed by atoms with Gasteiger partial charge < -0.3 is 21.0 Å². The van der Waals surface area contributed by atoms with E-state index in [1.54, 1.807) is 24.3 Å². The Morgan fingerprint density at radius 2 is 1.90 bits per heavy atom. The number of carbonyl (C=O) groups is 1. The Balaban J connectivity index is 2.32. The molecule has 0 saturated carbocycles. The molecule has 0 aromatic heterocycles. The highest BCUT2D eigenvalue weighted by atomic mass is 16.5. The van der Waals surface area contributed by atoms with Gasteiger partial charge in [0.1, 0.15) is 0 Å². The van der Waals surface area contributed by atoms with Crippen molar-refractivity contribution in [3.05, 3.63) is 35.4 Å². The predicted octanol–water partition coefficient (Wildman–Crippen LogP) is 1.72. The lowest BCUT2D eigenvalue weighted by atomic mass is 10.1. The maximum absolute atomic E-state index is 11.9. The zero-order valence-electron chi connectivity index (χ0n) is 12.5. The molecule has 6 nitrogen and oxygen atoms in total. The first-order valence-corrected chi connectivity index (χ1v) is 7.02. The number of nitrogens with zero attached hydrogens (tertiary/aromatic N) is 1. The number of amidine groups is 1. The minimum absolute atomic E-state index is 0.0205. The molecular formula is C15H23N3O3. The molecule has 0 heterocycles. The van der Waals surface area contributed by atoms with Crippen LogP contribution < -0.4 is 11.1 Å². The van der Waals surface area contributed by atoms with Crippen molar-refractivity contribution in [2.45, 2.75) is 32.8 Å². The SMILES string of the molecule is CC(C)OCCCCNC(=O)c1ccc(/C(N)=N/O)cc1. The number of benzene rings is 1. The van der Waals surface area contributed by atoms with Gasteiger partial charge in [-0.15, -0.1) is 0 Å². The molecule has 0 radical (unpaired) electrons. The summed E-state index contributed by atoms with van der Waals surface area (Å²) in [7, 11) is 0. The topological polar surface area (TPSA) is 96.9 Å². The largest absolute Gasteiger partial charge is 0.409 e. The van der Waals surface area contributed by atoms with Crippen molar-refractivity contribution in [3.8, 4) is 0 Å². The van der Waals surface area contributed by atoms with E-state index in [2.05, 4.69) is 10.5 Å². The van der Waals surface area contributed by atoms with E-state index in [4.69, 9.17) is 15.7 Å². The smallest absolute Gasteiger partial charge is 0.251 e. The third-order valence-electron chi connectivity index (χ3n) is 2.86. The van der Waals surface area contributed by atoms with Gasteiger partial charge in [-0.2, -0.15) is 0 Å². The number of unbranched alkanes of at least 4 members (excludes halogenated alkanes) is 1. The molecule has 1 amide bonds. The van der Waals surface area contributed by atoms with Crippen molar-refractivity contribution in [1.29, 1.82) is 0 Å². The number of hydrogen-bond acceptors (Lipinski definition) is 4. The van der Waals surface area contributed by atoms with E-state index in [0.717, 1.165) is 12.8 Å². The van der Waals surface area contributed by atoms with Crippen molar-refractivity contribution in [3.63, 3.8) is 0 Å². The highest BCUT2D eigenvalue weighted by Gasteiger charge is 2.06. The van der Waals surface area contributed by atoms with E-state index in [9.17, 15) is 4.79 Å². The van der Waals surface area contributed by atoms with Crippen LogP contribution in [0.5, 0.6) is 0 Å². The number of hydrogen-bond donors (Lipinski definition) is 3. The highest BCUT2D eigenvalue weighted by molar-refractivity contribution is 5.99. The van der Waals surface area contributed by atoms with Crippen LogP contribution in [0.1, 0.15) is 42.6 Å². The second-order valence-corrected chi connectivity index (χ2v) is 4.95. The molecule has 116 valence electrons. The summed E-state index contributed by atoms with van der Waals surface area (Å²) < 4.78 is 5.42. The molecule has 0 aliphatic heterocycles. The second-order valence-electron chi connectivity index (χ2n) is 4.95. The molecule has 0 spiro atoms. The Labute approximate surface area is 125 Å². The molecule has 0 aliphatic rings. The van der Waals surface area contributed by atoms with Gasteiger partial charge in [0, 0.05) is 24.3 Å². The average Bonchev–Trinajstić information content (AvgIpc) is 2.49. The van der Waals surface area contributed by atoms with Crippen LogP contribution in [0.2, 0.25) is 0 Å². The molecule has 0 saturated heterocycles. The van der Waals surface area contributed by atoms with E-state index < -0.39 is 0 Å². The minimum Gasteiger partial charge on any atom is -0.409 e. The monoisotopic (exact) mass is 293 g/mol. The number of nitrogens with one attached hydrogen (secondary N) is 1. The average molecular weight is 293 g/mol. The third-order valence-corrected chi connectivity index (χ3v) is 2.86. The Hall–Kier alpha value is -2.08. The van der Waals surface area contributed by atoms with Gasteiger partial charge in [0.15, 0.2) is 5.84 Å². The fraction of sp³-hybridized carbons (Fsp3) is 0.467. The molecule has 1 aromatic carbocycles. The Bertz CT molecular complexity index is 470. The summed E-state index contributed by atoms with van der Waals surface area (Å²) in [5.74, 6) is -0.113. The van der Waals surface area contributed by atoms with Crippen LogP contribution >= 0.6 is 0 Å². The molecule has 4 N–H and O–H groups in total. The molecule has 0 fully saturated rings. The molecule has 0 bridgehead atoms. The second kappa shape index (κ2) is 8.97. The maximum atomic E-state index is 11.9. The quantitative estimate of drug-likeness (QED) is 0.223. The summed E-state index contributed by atoms with van der Waals surface area (Å²) in [6.45, 7) is 5.32. The lowest BCUT2D eigenvalue weighted by Crippen LogP contribution is -2.25. The lowest BCUT2D eigenvalue weighted by Gasteiger charge is -2.08. The summed E-state index contributed by atoms with van der Waals surface area (Å²) in [5, 5.41) is 14.3. The van der Waals surface area contributed by atoms with Gasteiger partial charge in [-0.25, -0.2) is 0 Å². The van der Waals surface area contributed by atoms with E-state index in [0.29, 0.717) is 24.3 Å². The first-order chi connectivity index (χ1) is 10.0. The Morgan fingerprint density at radius 3 is 2.48 bits per heavy atom. The fourth-order valence-corrected chi connectivity index (χ4v) is 1.70. The van der Waals surface area contributed by atoms with E-state index in [1.807, 2.05) is 13.8 Å². The van der Waals surface area contributed by atoms with Crippen LogP contribution in [0.25, 0.3) is 0 Å². The fourth-order valence-electron chi connectivity index (χ4n) is 1.70. The zero-order valence-corrected chi connectivity index (χ0v) is 12.5. The van der Waals surface area contributed by atoms with Crippen LogP contribution in [0.4, 0.5) is 0 Å². The van der Waals surface area contributed by atoms with E-state index in [1.165, 1.54) is 0 Å². The highest BCUT2D eigenvalue weighted by Crippen LogP contribution is 2.04. The standard InChI is InChI=1S/C15H23N3O3/c1-11(2)21-10-4-3-9-17-15(19)13-7-5-12(6-8-13)14(16)18-20/h5-8,11,20H,3-4,9-10H2,1-2H3,(H2,16,18)(H,17,19). The minimum atomic E-state index is -0.133. The van der Waals surface area contributed by atoms with Crippen molar-refractivity contribution in [2.24, 2.45) is 10.9 Å². The molecule has 0 aliphatic carbocycles. The lowest BCUT2D eigenvalue weighted by molar-refractivity contribution is 0.0754. The van der Waals surface area contributed by atoms with Gasteiger partial charge >= 0.3 is 0 Å². The van der Waals surface area contributed by atoms with Crippen LogP contribution in [0.15, 0.2) is 29.4 Å². The number of rotatable bonds is 8. The molecule has 1 aromatic rings. The molecular weight excluding hydrogens is 270 g/mol. The summed E-state index contributed by atoms with van der Waals surface area (Å²) in [5.41, 5.74) is 6.57. The van der Waals surface area contributed by atoms with E-state index in [-0.39, 0.29) is 17.8 Å². The zero-order chi connectivity index (χ0) is 15.7. The summed E-state index contributed by atoms with van der Waals surface area (Å²) in [4.78, 5) is 11.9. The van der Waals surface area contributed by atoms with Crippen LogP contribution in [0, 0.1) is 0 Å². The van der Waals surface area contributed by atoms with Crippen molar-refractivity contribution < 1.29 is 14.7 Å². The molecule has 0 unspecified atom stereocenters. The first-order valence-electron chi connectivity index (χ1n) is 7.02. The van der Waals surface area contributed by atoms with Crippen LogP contribution in [-0.4, -0.2) is 36.2 Å². The summed E-state index contributed by atoms with van der Waals surface area (Å²) >= 11 is 0. The van der Waals surface area contributed by atoms with Crippen LogP contribution in [0.3, 0.4) is 0 Å². The predicted molar refractivity (Wildman–Crippen MR) is 81.6 cm³/mol. The van der Waals surface area contributed by atoms with Crippen LogP contribution in [-0.2, 0) is 4.74 Å². The summed E-state index contributed by atoms with van der Waals surface area (Å²) in [6.07, 6.45) is 2.04. The number of oxime groups is 1. The van der Waals surface area contributed by atoms with Crippen molar-refractivity contribution in [1.82, 2.24) is 5.32 Å². The van der Waals surface area contributed by atoms with E-state index >= 15 is 0 Å². The van der Waals surface area contributed by atoms with Gasteiger partial charge in [0.2, 0.25) is 0 Å². The molecule has 1 rings (SSSR count).